The second kappa shape index (κ2) is 42.4. The van der Waals surface area contributed by atoms with Crippen LogP contribution in [0.25, 0.3) is 0 Å². The molecule has 1 unspecified atom stereocenters. The molecule has 0 radical (unpaired) electrons. The van der Waals surface area contributed by atoms with Gasteiger partial charge in [-0.25, -0.2) is 0 Å². The number of aliphatic carboxylic acids is 1. The van der Waals surface area contributed by atoms with E-state index in [-0.39, 0.29) is 12.1 Å². The molecule has 0 bridgehead atoms. The average Bonchev–Trinajstić information content (AvgIpc) is 3.10. The lowest BCUT2D eigenvalue weighted by Crippen LogP contribution is -2.18. The molecule has 0 aliphatic heterocycles. The van der Waals surface area contributed by atoms with E-state index in [0.717, 1.165) is 51.4 Å². The van der Waals surface area contributed by atoms with Crippen LogP contribution in [0.2, 0.25) is 0 Å². The van der Waals surface area contributed by atoms with Crippen molar-refractivity contribution in [3.8, 4) is 0 Å². The number of carbonyl (C=O) groups is 2. The molecular formula is C46H90O4. The molecule has 0 rings (SSSR count). The Morgan fingerprint density at radius 3 is 0.880 bits per heavy atom. The maximum absolute atomic E-state index is 12.8. The molecule has 0 aliphatic carbocycles. The fourth-order valence-corrected chi connectivity index (χ4v) is 7.42. The lowest BCUT2D eigenvalue weighted by Gasteiger charge is -2.18. The van der Waals surface area contributed by atoms with Crippen molar-refractivity contribution in [2.75, 3.05) is 0 Å². The van der Waals surface area contributed by atoms with Gasteiger partial charge in [0.2, 0.25) is 0 Å². The first-order valence-electron chi connectivity index (χ1n) is 23.0. The minimum absolute atomic E-state index is 0.0310. The molecule has 0 fully saturated rings. The van der Waals surface area contributed by atoms with Crippen LogP contribution in [0.3, 0.4) is 0 Å². The summed E-state index contributed by atoms with van der Waals surface area (Å²) < 4.78 is 6.07. The van der Waals surface area contributed by atoms with Crippen LogP contribution >= 0.6 is 0 Å². The van der Waals surface area contributed by atoms with Gasteiger partial charge in [-0.3, -0.25) is 9.59 Å². The number of esters is 1. The zero-order valence-electron chi connectivity index (χ0n) is 34.2. The van der Waals surface area contributed by atoms with Crippen molar-refractivity contribution in [2.24, 2.45) is 0 Å². The number of carboxylic acids is 1. The summed E-state index contributed by atoms with van der Waals surface area (Å²) in [6, 6.07) is 0. The van der Waals surface area contributed by atoms with Crippen molar-refractivity contribution >= 4 is 11.9 Å². The third kappa shape index (κ3) is 41.4. The third-order valence-corrected chi connectivity index (χ3v) is 10.8. The largest absolute Gasteiger partial charge is 0.481 e. The number of carbonyl (C=O) groups excluding carboxylic acids is 1. The summed E-state index contributed by atoms with van der Waals surface area (Å²) in [4.78, 5) is 23.4. The smallest absolute Gasteiger partial charge is 0.306 e. The van der Waals surface area contributed by atoms with Crippen molar-refractivity contribution in [1.82, 2.24) is 0 Å². The van der Waals surface area contributed by atoms with E-state index in [4.69, 9.17) is 9.84 Å². The van der Waals surface area contributed by atoms with Crippen LogP contribution in [0.4, 0.5) is 0 Å². The number of ether oxygens (including phenoxy) is 1. The Hall–Kier alpha value is -1.06. The molecule has 0 aromatic carbocycles. The lowest BCUT2D eigenvalue weighted by atomic mass is 10.0. The van der Waals surface area contributed by atoms with E-state index >= 15 is 0 Å². The molecule has 0 aromatic rings. The first-order chi connectivity index (χ1) is 24.6. The Morgan fingerprint density at radius 2 is 0.600 bits per heavy atom. The topological polar surface area (TPSA) is 63.6 Å². The van der Waals surface area contributed by atoms with Crippen LogP contribution in [-0.4, -0.2) is 23.1 Å². The molecule has 1 N–H and O–H groups in total. The zero-order valence-corrected chi connectivity index (χ0v) is 34.2. The van der Waals surface area contributed by atoms with E-state index in [2.05, 4.69) is 13.8 Å². The highest BCUT2D eigenvalue weighted by molar-refractivity contribution is 5.69. The number of hydrogen-bond acceptors (Lipinski definition) is 3. The molecule has 0 aromatic heterocycles. The second-order valence-electron chi connectivity index (χ2n) is 16.0. The monoisotopic (exact) mass is 707 g/mol. The predicted octanol–water partition coefficient (Wildman–Crippen LogP) is 16.0. The highest BCUT2D eigenvalue weighted by Crippen LogP contribution is 2.20. The summed E-state index contributed by atoms with van der Waals surface area (Å²) in [5.74, 6) is -0.651. The molecule has 0 saturated heterocycles. The first kappa shape index (κ1) is 48.9. The van der Waals surface area contributed by atoms with E-state index < -0.39 is 5.97 Å². The fraction of sp³-hybridized carbons (Fsp3) is 0.957. The van der Waals surface area contributed by atoms with Gasteiger partial charge in [-0.2, -0.15) is 0 Å². The average molecular weight is 707 g/mol. The Balaban J connectivity index is 3.93. The molecule has 4 heteroatoms. The summed E-state index contributed by atoms with van der Waals surface area (Å²) in [5.41, 5.74) is 0. The molecule has 1 atom stereocenters. The minimum atomic E-state index is -0.682. The van der Waals surface area contributed by atoms with E-state index in [1.165, 1.54) is 199 Å². The van der Waals surface area contributed by atoms with Crippen LogP contribution in [0.15, 0.2) is 0 Å². The Bertz CT molecular complexity index is 677. The standard InChI is InChI=1S/C46H90O4/c1-3-5-7-9-11-13-15-16-17-18-19-20-21-22-24-26-31-35-39-43-46(49)50-44(41-37-33-29-27-30-34-38-42-45(47)48)40-36-32-28-25-23-14-12-10-8-6-4-2/h44H,3-43H2,1-2H3,(H,47,48). The lowest BCUT2D eigenvalue weighted by molar-refractivity contribution is -0.150. The molecule has 50 heavy (non-hydrogen) atoms. The summed E-state index contributed by atoms with van der Waals surface area (Å²) in [6.07, 6.45) is 51.5. The minimum Gasteiger partial charge on any atom is -0.481 e. The molecule has 0 aliphatic rings. The normalized spacial score (nSPS) is 12.0. The van der Waals surface area contributed by atoms with E-state index in [0.29, 0.717) is 12.8 Å². The van der Waals surface area contributed by atoms with Crippen molar-refractivity contribution in [1.29, 1.82) is 0 Å². The van der Waals surface area contributed by atoms with Gasteiger partial charge in [0.15, 0.2) is 0 Å². The van der Waals surface area contributed by atoms with Crippen LogP contribution in [0.5, 0.6) is 0 Å². The summed E-state index contributed by atoms with van der Waals surface area (Å²) >= 11 is 0. The van der Waals surface area contributed by atoms with Crippen LogP contribution < -0.4 is 0 Å². The van der Waals surface area contributed by atoms with Crippen molar-refractivity contribution < 1.29 is 19.4 Å². The van der Waals surface area contributed by atoms with E-state index in [1.807, 2.05) is 0 Å². The van der Waals surface area contributed by atoms with Gasteiger partial charge in [-0.1, -0.05) is 226 Å². The number of unbranched alkanes of at least 4 members (excludes halogenated alkanes) is 34. The van der Waals surface area contributed by atoms with Crippen molar-refractivity contribution in [2.45, 2.75) is 283 Å². The highest BCUT2D eigenvalue weighted by Gasteiger charge is 2.14. The van der Waals surface area contributed by atoms with Crippen LogP contribution in [0.1, 0.15) is 277 Å². The number of carboxylic acid groups (broad SMARTS) is 1. The van der Waals surface area contributed by atoms with Crippen LogP contribution in [0, 0.1) is 0 Å². The maximum Gasteiger partial charge on any atom is 0.306 e. The van der Waals surface area contributed by atoms with Crippen LogP contribution in [-0.2, 0) is 14.3 Å². The Morgan fingerprint density at radius 1 is 0.360 bits per heavy atom. The molecular weight excluding hydrogens is 617 g/mol. The van der Waals surface area contributed by atoms with Crippen molar-refractivity contribution in [3.63, 3.8) is 0 Å². The summed E-state index contributed by atoms with van der Waals surface area (Å²) in [5, 5.41) is 8.79. The zero-order chi connectivity index (χ0) is 36.4. The maximum atomic E-state index is 12.8. The van der Waals surface area contributed by atoms with Gasteiger partial charge in [0.25, 0.3) is 0 Å². The molecule has 4 nitrogen and oxygen atoms in total. The summed E-state index contributed by atoms with van der Waals surface area (Å²) in [6.45, 7) is 4.58. The fourth-order valence-electron chi connectivity index (χ4n) is 7.42. The van der Waals surface area contributed by atoms with Gasteiger partial charge in [-0.15, -0.1) is 0 Å². The second-order valence-corrected chi connectivity index (χ2v) is 16.0. The quantitative estimate of drug-likeness (QED) is 0.0506. The van der Waals surface area contributed by atoms with Gasteiger partial charge in [0.05, 0.1) is 0 Å². The van der Waals surface area contributed by atoms with Gasteiger partial charge in [-0.05, 0) is 38.5 Å². The van der Waals surface area contributed by atoms with Gasteiger partial charge in [0.1, 0.15) is 6.10 Å². The van der Waals surface area contributed by atoms with Gasteiger partial charge in [0, 0.05) is 12.8 Å². The first-order valence-corrected chi connectivity index (χ1v) is 23.0. The number of rotatable bonds is 43. The third-order valence-electron chi connectivity index (χ3n) is 10.8. The van der Waals surface area contributed by atoms with Gasteiger partial charge >= 0.3 is 11.9 Å². The Labute approximate surface area is 313 Å². The Kier molecular flexibility index (Phi) is 41.5. The SMILES string of the molecule is CCCCCCCCCCCCCCCCCCCCCC(=O)OC(CCCCCCCCCCCCC)CCCCCCCCCC(=O)O. The van der Waals surface area contributed by atoms with E-state index in [1.54, 1.807) is 0 Å². The number of hydrogen-bond donors (Lipinski definition) is 1. The molecule has 0 spiro atoms. The summed E-state index contributed by atoms with van der Waals surface area (Å²) in [7, 11) is 0. The highest BCUT2D eigenvalue weighted by atomic mass is 16.5. The predicted molar refractivity (Wildman–Crippen MR) is 218 cm³/mol. The molecule has 0 saturated carbocycles. The van der Waals surface area contributed by atoms with Gasteiger partial charge < -0.3 is 9.84 Å². The van der Waals surface area contributed by atoms with E-state index in [9.17, 15) is 9.59 Å². The molecule has 298 valence electrons. The molecule has 0 heterocycles. The molecule has 0 amide bonds. The van der Waals surface area contributed by atoms with Crippen molar-refractivity contribution in [3.05, 3.63) is 0 Å².